The van der Waals surface area contributed by atoms with Crippen LogP contribution in [0.5, 0.6) is 0 Å². The Kier molecular flexibility index (Phi) is 2.82. The molecule has 0 aromatic carbocycles. The van der Waals surface area contributed by atoms with Crippen LogP contribution in [-0.2, 0) is 0 Å². The van der Waals surface area contributed by atoms with Crippen molar-refractivity contribution in [1.82, 2.24) is 15.0 Å². The minimum atomic E-state index is -1.09. The first-order chi connectivity index (χ1) is 8.16. The molecule has 2 heterocycles. The fourth-order valence-corrected chi connectivity index (χ4v) is 1.16. The van der Waals surface area contributed by atoms with Crippen molar-refractivity contribution in [2.45, 2.75) is 0 Å². The fourth-order valence-electron chi connectivity index (χ4n) is 1.16. The monoisotopic (exact) mass is 232 g/mol. The minimum Gasteiger partial charge on any atom is -0.478 e. The Hall–Kier alpha value is -2.70. The largest absolute Gasteiger partial charge is 0.478 e. The van der Waals surface area contributed by atoms with Crippen molar-refractivity contribution in [3.8, 4) is 0 Å². The van der Waals surface area contributed by atoms with Crippen LogP contribution in [0.4, 0.5) is 5.95 Å². The zero-order chi connectivity index (χ0) is 12.3. The van der Waals surface area contributed by atoms with Crippen LogP contribution in [-0.4, -0.2) is 31.9 Å². The molecule has 0 atom stereocenters. The molecule has 0 saturated carbocycles. The van der Waals surface area contributed by atoms with Gasteiger partial charge in [-0.2, -0.15) is 0 Å². The zero-order valence-electron chi connectivity index (χ0n) is 8.54. The maximum Gasteiger partial charge on any atom is 0.337 e. The van der Waals surface area contributed by atoms with Crippen LogP contribution >= 0.6 is 0 Å². The fraction of sp³-hybridized carbons (Fsp3) is 0. The zero-order valence-corrected chi connectivity index (χ0v) is 8.54. The van der Waals surface area contributed by atoms with Crippen molar-refractivity contribution in [3.63, 3.8) is 0 Å². The number of nitrogens with zero attached hydrogens (tertiary/aromatic N) is 2. The molecule has 0 radical (unpaired) electrons. The minimum absolute atomic E-state index is 0.0274. The third-order valence-corrected chi connectivity index (χ3v) is 1.97. The number of nitrogens with one attached hydrogen (secondary N) is 2. The van der Waals surface area contributed by atoms with Crippen molar-refractivity contribution < 1.29 is 14.7 Å². The third kappa shape index (κ3) is 2.46. The number of carboxylic acid groups (broad SMARTS) is 1. The molecule has 2 aromatic rings. The summed E-state index contributed by atoms with van der Waals surface area (Å²) < 4.78 is 0. The first kappa shape index (κ1) is 10.8. The molecule has 2 aromatic heterocycles. The van der Waals surface area contributed by atoms with Crippen molar-refractivity contribution in [1.29, 1.82) is 0 Å². The van der Waals surface area contributed by atoms with Crippen molar-refractivity contribution in [2.24, 2.45) is 0 Å². The molecule has 3 N–H and O–H groups in total. The number of aromatic carboxylic acids is 1. The van der Waals surface area contributed by atoms with Gasteiger partial charge in [-0.05, 0) is 12.1 Å². The highest BCUT2D eigenvalue weighted by molar-refractivity contribution is 6.02. The number of aromatic nitrogens is 3. The topological polar surface area (TPSA) is 108 Å². The Labute approximate surface area is 95.5 Å². The van der Waals surface area contributed by atoms with Gasteiger partial charge in [0.2, 0.25) is 5.95 Å². The lowest BCUT2D eigenvalue weighted by Gasteiger charge is -2.01. The molecule has 0 spiro atoms. The number of rotatable bonds is 3. The number of carbonyl (C=O) groups excluding carboxylic acids is 1. The van der Waals surface area contributed by atoms with Crippen LogP contribution in [0.2, 0.25) is 0 Å². The van der Waals surface area contributed by atoms with Gasteiger partial charge in [-0.25, -0.2) is 9.78 Å². The molecule has 1 amide bonds. The number of amides is 1. The van der Waals surface area contributed by atoms with Crippen molar-refractivity contribution in [2.75, 3.05) is 5.32 Å². The number of carbonyl (C=O) groups is 2. The summed E-state index contributed by atoms with van der Waals surface area (Å²) in [6.07, 6.45) is 4.19. The van der Waals surface area contributed by atoms with Gasteiger partial charge in [0.25, 0.3) is 5.91 Å². The number of imidazole rings is 1. The van der Waals surface area contributed by atoms with Crippen LogP contribution in [0, 0.1) is 0 Å². The maximum atomic E-state index is 11.6. The lowest BCUT2D eigenvalue weighted by molar-refractivity contribution is 0.0696. The van der Waals surface area contributed by atoms with Crippen LogP contribution in [0.3, 0.4) is 0 Å². The van der Waals surface area contributed by atoms with Crippen LogP contribution in [0.15, 0.2) is 30.7 Å². The van der Waals surface area contributed by atoms with E-state index < -0.39 is 11.9 Å². The average Bonchev–Trinajstić information content (AvgIpc) is 2.82. The summed E-state index contributed by atoms with van der Waals surface area (Å²) in [7, 11) is 0. The first-order valence-corrected chi connectivity index (χ1v) is 4.67. The molecule has 7 heteroatoms. The normalized spacial score (nSPS) is 9.88. The summed E-state index contributed by atoms with van der Waals surface area (Å²) in [4.78, 5) is 32.5. The quantitative estimate of drug-likeness (QED) is 0.723. The van der Waals surface area contributed by atoms with Gasteiger partial charge in [0.15, 0.2) is 0 Å². The van der Waals surface area contributed by atoms with Crippen molar-refractivity contribution >= 4 is 17.8 Å². The van der Waals surface area contributed by atoms with Gasteiger partial charge in [0, 0.05) is 18.6 Å². The van der Waals surface area contributed by atoms with Crippen LogP contribution in [0.1, 0.15) is 20.8 Å². The average molecular weight is 232 g/mol. The number of carboxylic acids is 1. The van der Waals surface area contributed by atoms with Gasteiger partial charge in [0.05, 0.1) is 5.56 Å². The molecule has 0 aliphatic carbocycles. The van der Waals surface area contributed by atoms with E-state index in [1.807, 2.05) is 0 Å². The summed E-state index contributed by atoms with van der Waals surface area (Å²) in [6, 6.07) is 2.65. The van der Waals surface area contributed by atoms with E-state index in [2.05, 4.69) is 20.3 Å². The van der Waals surface area contributed by atoms with Gasteiger partial charge in [-0.1, -0.05) is 0 Å². The molecule has 2 rings (SSSR count). The van der Waals surface area contributed by atoms with Gasteiger partial charge < -0.3 is 10.1 Å². The Balaban J connectivity index is 2.12. The number of pyridine rings is 1. The smallest absolute Gasteiger partial charge is 0.337 e. The third-order valence-electron chi connectivity index (χ3n) is 1.97. The number of hydrogen-bond donors (Lipinski definition) is 3. The molecule has 0 fully saturated rings. The second kappa shape index (κ2) is 4.44. The lowest BCUT2D eigenvalue weighted by Crippen LogP contribution is -2.15. The first-order valence-electron chi connectivity index (χ1n) is 4.67. The molecule has 0 bridgehead atoms. The predicted molar refractivity (Wildman–Crippen MR) is 57.7 cm³/mol. The highest BCUT2D eigenvalue weighted by Gasteiger charge is 2.10. The Morgan fingerprint density at radius 1 is 1.29 bits per heavy atom. The van der Waals surface area contributed by atoms with E-state index in [-0.39, 0.29) is 11.3 Å². The molecule has 0 saturated heterocycles. The summed E-state index contributed by atoms with van der Waals surface area (Å²) in [5.41, 5.74) is 0.144. The number of hydrogen-bond acceptors (Lipinski definition) is 4. The molecule has 7 nitrogen and oxygen atoms in total. The summed E-state index contributed by atoms with van der Waals surface area (Å²) in [5.74, 6) is -1.24. The van der Waals surface area contributed by atoms with Gasteiger partial charge in [-0.3, -0.25) is 15.1 Å². The lowest BCUT2D eigenvalue weighted by atomic mass is 10.2. The molecule has 0 unspecified atom stereocenters. The summed E-state index contributed by atoms with van der Waals surface area (Å²) in [6.45, 7) is 0. The van der Waals surface area contributed by atoms with Gasteiger partial charge >= 0.3 is 5.97 Å². The second-order valence-electron chi connectivity index (χ2n) is 3.13. The van der Waals surface area contributed by atoms with Crippen LogP contribution < -0.4 is 5.32 Å². The van der Waals surface area contributed by atoms with E-state index in [4.69, 9.17) is 5.11 Å². The van der Waals surface area contributed by atoms with Gasteiger partial charge in [-0.15, -0.1) is 0 Å². The summed E-state index contributed by atoms with van der Waals surface area (Å²) in [5, 5.41) is 11.1. The highest BCUT2D eigenvalue weighted by Crippen LogP contribution is 2.03. The van der Waals surface area contributed by atoms with E-state index in [0.717, 1.165) is 6.20 Å². The Morgan fingerprint density at radius 3 is 2.65 bits per heavy atom. The molecule has 0 aliphatic rings. The van der Waals surface area contributed by atoms with E-state index in [1.165, 1.54) is 18.3 Å². The number of anilines is 1. The van der Waals surface area contributed by atoms with Gasteiger partial charge in [0.1, 0.15) is 5.69 Å². The van der Waals surface area contributed by atoms with E-state index in [0.29, 0.717) is 5.95 Å². The number of H-pyrrole nitrogens is 1. The van der Waals surface area contributed by atoms with E-state index in [1.54, 1.807) is 6.20 Å². The second-order valence-corrected chi connectivity index (χ2v) is 3.13. The molecule has 86 valence electrons. The maximum absolute atomic E-state index is 11.6. The Bertz CT molecular complexity index is 533. The van der Waals surface area contributed by atoms with Crippen LogP contribution in [0.25, 0.3) is 0 Å². The summed E-state index contributed by atoms with van der Waals surface area (Å²) >= 11 is 0. The standard InChI is InChI=1S/C10H8N4O3/c15-8(14-10-11-3-4-12-10)7-2-1-6(5-13-7)9(16)17/h1-5H,(H,16,17)(H2,11,12,14,15). The Morgan fingerprint density at radius 2 is 2.12 bits per heavy atom. The molecule has 0 aliphatic heterocycles. The highest BCUT2D eigenvalue weighted by atomic mass is 16.4. The molecular weight excluding hydrogens is 224 g/mol. The SMILES string of the molecule is O=C(O)c1ccc(C(=O)Nc2ncc[nH]2)nc1. The van der Waals surface area contributed by atoms with E-state index in [9.17, 15) is 9.59 Å². The molecule has 17 heavy (non-hydrogen) atoms. The predicted octanol–water partition coefficient (Wildman–Crippen LogP) is 0.755. The van der Waals surface area contributed by atoms with E-state index >= 15 is 0 Å². The number of aromatic amines is 1. The molecular formula is C10H8N4O3. The van der Waals surface area contributed by atoms with Crippen molar-refractivity contribution in [3.05, 3.63) is 42.0 Å².